The number of benzene rings is 4. The molecule has 0 aliphatic heterocycles. The van der Waals surface area contributed by atoms with Crippen molar-refractivity contribution in [3.05, 3.63) is 130 Å². The molecule has 0 aliphatic carbocycles. The molecule has 0 heterocycles. The van der Waals surface area contributed by atoms with Crippen molar-refractivity contribution in [2.75, 3.05) is 0 Å². The van der Waals surface area contributed by atoms with E-state index in [-0.39, 0.29) is 24.1 Å². The van der Waals surface area contributed by atoms with Crippen molar-refractivity contribution in [3.63, 3.8) is 0 Å². The molecule has 0 aliphatic rings. The third kappa shape index (κ3) is 7.77. The largest absolute Gasteiger partial charge is 0.573 e. The Balaban J connectivity index is 1.57. The zero-order valence-electron chi connectivity index (χ0n) is 22.7. The Kier molecular flexibility index (Phi) is 9.65. The fourth-order valence-electron chi connectivity index (χ4n) is 4.15. The van der Waals surface area contributed by atoms with Crippen molar-refractivity contribution < 1.29 is 62.2 Å². The predicted octanol–water partition coefficient (Wildman–Crippen LogP) is 9.87. The first-order valence-corrected chi connectivity index (χ1v) is 12.7. The van der Waals surface area contributed by atoms with E-state index in [1.807, 2.05) is 0 Å². The summed E-state index contributed by atoms with van der Waals surface area (Å²) in [6.07, 6.45) is -8.07. The Bertz CT molecular complexity index is 1800. The average Bonchev–Trinajstić information content (AvgIpc) is 2.92. The Morgan fingerprint density at radius 2 is 1.24 bits per heavy atom. The van der Waals surface area contributed by atoms with Gasteiger partial charge in [0.2, 0.25) is 5.75 Å². The van der Waals surface area contributed by atoms with Crippen LogP contribution in [-0.2, 0) is 12.5 Å². The summed E-state index contributed by atoms with van der Waals surface area (Å²) < 4.78 is 175. The Morgan fingerprint density at radius 3 is 1.76 bits per heavy atom. The fourth-order valence-corrected chi connectivity index (χ4v) is 4.15. The zero-order valence-corrected chi connectivity index (χ0v) is 22.7. The summed E-state index contributed by atoms with van der Waals surface area (Å²) in [7, 11) is 0. The van der Waals surface area contributed by atoms with Gasteiger partial charge in [0.1, 0.15) is 40.4 Å². The van der Waals surface area contributed by atoms with Gasteiger partial charge in [0.25, 0.3) is 0 Å². The smallest absolute Gasteiger partial charge is 0.429 e. The van der Waals surface area contributed by atoms with Crippen LogP contribution in [0.15, 0.2) is 67.3 Å². The third-order valence-corrected chi connectivity index (χ3v) is 6.11. The van der Waals surface area contributed by atoms with Gasteiger partial charge in [-0.3, -0.25) is 0 Å². The molecule has 0 amide bonds. The lowest BCUT2D eigenvalue weighted by atomic mass is 9.98. The second-order valence-electron chi connectivity index (χ2n) is 9.40. The van der Waals surface area contributed by atoms with E-state index in [2.05, 4.69) is 27.9 Å². The minimum absolute atomic E-state index is 0.217. The Labute approximate surface area is 252 Å². The third-order valence-electron chi connectivity index (χ3n) is 6.11. The van der Waals surface area contributed by atoms with Crippen molar-refractivity contribution in [2.24, 2.45) is 0 Å². The van der Waals surface area contributed by atoms with Gasteiger partial charge in [-0.15, -0.1) is 19.8 Å². The molecular weight excluding hydrogens is 644 g/mol. The van der Waals surface area contributed by atoms with Crippen LogP contribution < -0.4 is 9.47 Å². The number of hydrogen-bond acceptors (Lipinski definition) is 2. The van der Waals surface area contributed by atoms with E-state index in [1.165, 1.54) is 6.08 Å². The van der Waals surface area contributed by atoms with Gasteiger partial charge in [-0.05, 0) is 72.5 Å². The molecule has 0 unspecified atom stereocenters. The van der Waals surface area contributed by atoms with Crippen LogP contribution in [0.3, 0.4) is 0 Å². The van der Waals surface area contributed by atoms with Gasteiger partial charge in [-0.2, -0.15) is 8.78 Å². The maximum atomic E-state index is 14.9. The molecule has 0 saturated heterocycles. The second-order valence-corrected chi connectivity index (χ2v) is 9.40. The summed E-state index contributed by atoms with van der Waals surface area (Å²) in [6, 6.07) is 4.90. The summed E-state index contributed by atoms with van der Waals surface area (Å²) in [6.45, 7) is 3.48. The summed E-state index contributed by atoms with van der Waals surface area (Å²) >= 11 is 0. The lowest BCUT2D eigenvalue weighted by Gasteiger charge is -2.20. The Hall–Kier alpha value is -5.06. The molecule has 2 nitrogen and oxygen atoms in total. The van der Waals surface area contributed by atoms with Crippen LogP contribution in [0.4, 0.5) is 52.7 Å². The molecule has 0 atom stereocenters. The van der Waals surface area contributed by atoms with E-state index in [0.717, 1.165) is 18.2 Å². The monoisotopic (exact) mass is 660 g/mol. The van der Waals surface area contributed by atoms with Crippen LogP contribution in [0.2, 0.25) is 0 Å². The minimum atomic E-state index is -5.39. The van der Waals surface area contributed by atoms with Crippen molar-refractivity contribution in [2.45, 2.75) is 25.3 Å². The molecule has 0 radical (unpaired) electrons. The maximum Gasteiger partial charge on any atom is 0.573 e. The van der Waals surface area contributed by atoms with E-state index in [4.69, 9.17) is 0 Å². The first-order valence-electron chi connectivity index (χ1n) is 12.7. The first-order chi connectivity index (χ1) is 21.5. The minimum Gasteiger partial charge on any atom is -0.429 e. The molecule has 0 bridgehead atoms. The highest BCUT2D eigenvalue weighted by Gasteiger charge is 2.41. The van der Waals surface area contributed by atoms with E-state index in [1.54, 1.807) is 0 Å². The van der Waals surface area contributed by atoms with Crippen molar-refractivity contribution in [1.29, 1.82) is 0 Å². The summed E-state index contributed by atoms with van der Waals surface area (Å²) in [4.78, 5) is 0. The molecule has 0 N–H and O–H groups in total. The molecule has 0 saturated carbocycles. The van der Waals surface area contributed by atoms with E-state index < -0.39 is 92.5 Å². The summed E-state index contributed by atoms with van der Waals surface area (Å²) in [5, 5.41) is 0. The van der Waals surface area contributed by atoms with Crippen LogP contribution >= 0.6 is 0 Å². The van der Waals surface area contributed by atoms with Gasteiger partial charge in [0, 0.05) is 11.6 Å². The summed E-state index contributed by atoms with van der Waals surface area (Å²) in [5.41, 5.74) is -4.44. The van der Waals surface area contributed by atoms with Crippen molar-refractivity contribution >= 4 is 0 Å². The van der Waals surface area contributed by atoms with Crippen molar-refractivity contribution in [1.82, 2.24) is 0 Å². The highest BCUT2D eigenvalue weighted by atomic mass is 19.4. The summed E-state index contributed by atoms with van der Waals surface area (Å²) in [5.74, 6) is -9.73. The van der Waals surface area contributed by atoms with Crippen LogP contribution in [0.5, 0.6) is 11.5 Å². The fraction of sp³-hybridized carbons (Fsp3) is 0.125. The molecule has 46 heavy (non-hydrogen) atoms. The quantitative estimate of drug-likeness (QED) is 0.106. The highest BCUT2D eigenvalue weighted by molar-refractivity contribution is 5.66. The van der Waals surface area contributed by atoms with Crippen molar-refractivity contribution in [3.8, 4) is 34.5 Å². The number of aryl methyl sites for hydroxylation is 1. The number of halogens is 12. The normalized spacial score (nSPS) is 11.6. The van der Waals surface area contributed by atoms with Gasteiger partial charge in [-0.25, -0.2) is 30.7 Å². The average molecular weight is 660 g/mol. The van der Waals surface area contributed by atoms with Gasteiger partial charge in [0.15, 0.2) is 11.6 Å². The topological polar surface area (TPSA) is 18.5 Å². The molecule has 4 aromatic carbocycles. The zero-order chi connectivity index (χ0) is 34.0. The van der Waals surface area contributed by atoms with Gasteiger partial charge >= 0.3 is 12.5 Å². The van der Waals surface area contributed by atoms with Crippen LogP contribution in [0, 0.1) is 52.6 Å². The second kappa shape index (κ2) is 13.1. The molecule has 0 aromatic heterocycles. The van der Waals surface area contributed by atoms with Gasteiger partial charge in [-0.1, -0.05) is 17.9 Å². The number of rotatable bonds is 8. The molecule has 0 fully saturated rings. The standard InChI is InChI=1S/C32H16F12O2/c1-2-3-4-16-9-22(34)28(23(35)10-16)19-13-24(36)29(25(37)14-19)31(40,41)45-20-8-7-18(21(33)15-20)6-5-17-11-26(38)30(27(39)12-17)46-32(42,43)44/h2,7-15H,1,3-4H2. The molecule has 4 aromatic rings. The number of hydrogen-bond donors (Lipinski definition) is 0. The molecule has 4 rings (SSSR count). The van der Waals surface area contributed by atoms with Crippen LogP contribution in [0.1, 0.15) is 28.7 Å². The van der Waals surface area contributed by atoms with Gasteiger partial charge in [0.05, 0.1) is 11.1 Å². The maximum absolute atomic E-state index is 14.9. The lowest BCUT2D eigenvalue weighted by Crippen LogP contribution is -2.25. The lowest BCUT2D eigenvalue weighted by molar-refractivity contribution is -0.276. The molecule has 240 valence electrons. The molecule has 14 heteroatoms. The molecule has 0 spiro atoms. The molecular formula is C32H16F12O2. The van der Waals surface area contributed by atoms with Gasteiger partial charge < -0.3 is 9.47 Å². The number of allylic oxidation sites excluding steroid dienone is 1. The van der Waals surface area contributed by atoms with E-state index >= 15 is 0 Å². The van der Waals surface area contributed by atoms with Crippen LogP contribution in [-0.4, -0.2) is 6.36 Å². The Morgan fingerprint density at radius 1 is 0.652 bits per heavy atom. The highest BCUT2D eigenvalue weighted by Crippen LogP contribution is 2.38. The first kappa shape index (κ1) is 33.8. The van der Waals surface area contributed by atoms with E-state index in [0.29, 0.717) is 30.7 Å². The van der Waals surface area contributed by atoms with E-state index in [9.17, 15) is 52.7 Å². The van der Waals surface area contributed by atoms with Crippen LogP contribution in [0.25, 0.3) is 11.1 Å². The predicted molar refractivity (Wildman–Crippen MR) is 140 cm³/mol. The SMILES string of the molecule is C=CCCc1cc(F)c(-c2cc(F)c(C(F)(F)Oc3ccc(C#Cc4cc(F)c(OC(F)(F)F)c(F)c4)c(F)c3)c(F)c2)c(F)c1. The number of alkyl halides is 5. The number of ether oxygens (including phenoxy) is 2.